The van der Waals surface area contributed by atoms with Crippen LogP contribution in [0, 0.1) is 12.8 Å². The number of nitrogens with two attached hydrogens (primary N) is 1. The molecule has 0 aliphatic heterocycles. The van der Waals surface area contributed by atoms with E-state index >= 15 is 0 Å². The van der Waals surface area contributed by atoms with Crippen molar-refractivity contribution in [3.05, 3.63) is 41.6 Å². The number of carbonyl (C=O) groups excluding carboxylic acids is 3. The standard InChI is InChI=1S/C19H24N4O3S2/c1-11(2)9-15(25)22-16(13-7-5-4-6-8-13)17(26)23-19-21-12(3)18(28-19)27-10-14(20)24/h4-8,11,16H,9-10H2,1-3H3,(H2,20,24)(H,22,25)(H,21,23,26). The van der Waals surface area contributed by atoms with Gasteiger partial charge >= 0.3 is 0 Å². The normalized spacial score (nSPS) is 11.9. The molecule has 0 aliphatic rings. The molecule has 28 heavy (non-hydrogen) atoms. The zero-order chi connectivity index (χ0) is 20.7. The van der Waals surface area contributed by atoms with Gasteiger partial charge in [0.1, 0.15) is 6.04 Å². The van der Waals surface area contributed by atoms with Crippen LogP contribution >= 0.6 is 23.1 Å². The zero-order valence-corrected chi connectivity index (χ0v) is 17.7. The molecule has 0 aliphatic carbocycles. The van der Waals surface area contributed by atoms with E-state index in [1.165, 1.54) is 23.1 Å². The van der Waals surface area contributed by atoms with Gasteiger partial charge in [-0.25, -0.2) is 4.98 Å². The first-order valence-corrected chi connectivity index (χ1v) is 10.6. The molecule has 4 N–H and O–H groups in total. The Morgan fingerprint density at radius 1 is 1.21 bits per heavy atom. The van der Waals surface area contributed by atoms with Gasteiger partial charge in [0.25, 0.3) is 5.91 Å². The van der Waals surface area contributed by atoms with Crippen LogP contribution in [0.2, 0.25) is 0 Å². The van der Waals surface area contributed by atoms with Crippen LogP contribution in [0.15, 0.2) is 34.5 Å². The Hall–Kier alpha value is -2.39. The van der Waals surface area contributed by atoms with Crippen LogP contribution in [0.4, 0.5) is 5.13 Å². The van der Waals surface area contributed by atoms with Gasteiger partial charge in [-0.1, -0.05) is 55.5 Å². The molecule has 0 bridgehead atoms. The number of primary amides is 1. The predicted molar refractivity (Wildman–Crippen MR) is 112 cm³/mol. The van der Waals surface area contributed by atoms with E-state index in [0.29, 0.717) is 22.8 Å². The molecule has 9 heteroatoms. The fraction of sp³-hybridized carbons (Fsp3) is 0.368. The minimum atomic E-state index is -0.821. The summed E-state index contributed by atoms with van der Waals surface area (Å²) in [6.45, 7) is 5.69. The van der Waals surface area contributed by atoms with E-state index in [4.69, 9.17) is 5.73 Å². The minimum Gasteiger partial charge on any atom is -0.369 e. The van der Waals surface area contributed by atoms with Crippen molar-refractivity contribution in [2.75, 3.05) is 11.1 Å². The van der Waals surface area contributed by atoms with Crippen molar-refractivity contribution in [2.45, 2.75) is 37.4 Å². The third kappa shape index (κ3) is 6.65. The molecule has 150 valence electrons. The highest BCUT2D eigenvalue weighted by Crippen LogP contribution is 2.32. The lowest BCUT2D eigenvalue weighted by Gasteiger charge is -2.18. The minimum absolute atomic E-state index is 0.147. The van der Waals surface area contributed by atoms with Crippen molar-refractivity contribution in [1.29, 1.82) is 0 Å². The summed E-state index contributed by atoms with van der Waals surface area (Å²) in [5, 5.41) is 5.99. The second-order valence-electron chi connectivity index (χ2n) is 6.65. The van der Waals surface area contributed by atoms with E-state index in [1.807, 2.05) is 32.0 Å². The van der Waals surface area contributed by atoms with Crippen molar-refractivity contribution < 1.29 is 14.4 Å². The van der Waals surface area contributed by atoms with Crippen molar-refractivity contribution >= 4 is 46.0 Å². The number of aromatic nitrogens is 1. The first-order valence-electron chi connectivity index (χ1n) is 8.80. The molecular formula is C19H24N4O3S2. The average Bonchev–Trinajstić information content (AvgIpc) is 2.97. The van der Waals surface area contributed by atoms with E-state index in [1.54, 1.807) is 19.1 Å². The summed E-state index contributed by atoms with van der Waals surface area (Å²) in [7, 11) is 0. The number of thiazole rings is 1. The molecule has 0 fully saturated rings. The summed E-state index contributed by atoms with van der Waals surface area (Å²) in [4.78, 5) is 40.4. The summed E-state index contributed by atoms with van der Waals surface area (Å²) in [5.41, 5.74) is 6.58. The number of benzene rings is 1. The summed E-state index contributed by atoms with van der Waals surface area (Å²) in [6.07, 6.45) is 0.334. The number of amides is 3. The Bertz CT molecular complexity index is 837. The van der Waals surface area contributed by atoms with Gasteiger partial charge in [-0.2, -0.15) is 0 Å². The lowest BCUT2D eigenvalue weighted by molar-refractivity contribution is -0.127. The lowest BCUT2D eigenvalue weighted by atomic mass is 10.0. The Morgan fingerprint density at radius 3 is 2.50 bits per heavy atom. The second-order valence-corrected chi connectivity index (χ2v) is 8.89. The summed E-state index contributed by atoms with van der Waals surface area (Å²) < 4.78 is 0.814. The molecule has 2 aromatic rings. The summed E-state index contributed by atoms with van der Waals surface area (Å²) in [6, 6.07) is 8.24. The summed E-state index contributed by atoms with van der Waals surface area (Å²) in [5.74, 6) is -0.643. The smallest absolute Gasteiger partial charge is 0.253 e. The molecular weight excluding hydrogens is 396 g/mol. The van der Waals surface area contributed by atoms with E-state index < -0.39 is 11.9 Å². The first kappa shape index (κ1) is 21.9. The van der Waals surface area contributed by atoms with E-state index in [9.17, 15) is 14.4 Å². The SMILES string of the molecule is Cc1nc(NC(=O)C(NC(=O)CC(C)C)c2ccccc2)sc1SCC(N)=O. The molecule has 1 atom stereocenters. The maximum atomic E-state index is 12.9. The number of hydrogen-bond acceptors (Lipinski definition) is 6. The third-order valence-corrected chi connectivity index (χ3v) is 6.08. The predicted octanol–water partition coefficient (Wildman–Crippen LogP) is 2.87. The Morgan fingerprint density at radius 2 is 1.89 bits per heavy atom. The number of hydrogen-bond donors (Lipinski definition) is 3. The van der Waals surface area contributed by atoms with Crippen LogP contribution in [0.25, 0.3) is 0 Å². The molecule has 0 saturated carbocycles. The molecule has 1 heterocycles. The fourth-order valence-corrected chi connectivity index (χ4v) is 4.30. The molecule has 3 amide bonds. The number of carbonyl (C=O) groups is 3. The Balaban J connectivity index is 2.15. The number of aryl methyl sites for hydroxylation is 1. The molecule has 1 aromatic carbocycles. The number of rotatable bonds is 9. The number of nitrogens with zero attached hydrogens (tertiary/aromatic N) is 1. The largest absolute Gasteiger partial charge is 0.369 e. The molecule has 7 nitrogen and oxygen atoms in total. The zero-order valence-electron chi connectivity index (χ0n) is 16.0. The van der Waals surface area contributed by atoms with Crippen LogP contribution < -0.4 is 16.4 Å². The molecule has 0 radical (unpaired) electrons. The van der Waals surface area contributed by atoms with Crippen molar-refractivity contribution in [1.82, 2.24) is 10.3 Å². The van der Waals surface area contributed by atoms with Crippen molar-refractivity contribution in [3.63, 3.8) is 0 Å². The van der Waals surface area contributed by atoms with Crippen LogP contribution in [0.3, 0.4) is 0 Å². The molecule has 1 aromatic heterocycles. The van der Waals surface area contributed by atoms with Crippen molar-refractivity contribution in [3.8, 4) is 0 Å². The Labute approximate surface area is 172 Å². The van der Waals surface area contributed by atoms with Gasteiger partial charge in [0.15, 0.2) is 5.13 Å². The van der Waals surface area contributed by atoms with Crippen LogP contribution in [0.5, 0.6) is 0 Å². The first-order chi connectivity index (χ1) is 13.3. The third-order valence-electron chi connectivity index (χ3n) is 3.62. The van der Waals surface area contributed by atoms with E-state index in [2.05, 4.69) is 15.6 Å². The second kappa shape index (κ2) is 10.2. The van der Waals surface area contributed by atoms with Gasteiger partial charge in [0, 0.05) is 6.42 Å². The highest BCUT2D eigenvalue weighted by Gasteiger charge is 2.24. The quantitative estimate of drug-likeness (QED) is 0.540. The highest BCUT2D eigenvalue weighted by atomic mass is 32.2. The topological polar surface area (TPSA) is 114 Å². The van der Waals surface area contributed by atoms with Gasteiger partial charge in [-0.3, -0.25) is 19.7 Å². The molecule has 0 saturated heterocycles. The highest BCUT2D eigenvalue weighted by molar-refractivity contribution is 8.01. The number of thioether (sulfide) groups is 1. The number of nitrogens with one attached hydrogen (secondary N) is 2. The number of anilines is 1. The fourth-order valence-electron chi connectivity index (χ4n) is 2.42. The maximum absolute atomic E-state index is 12.9. The molecule has 1 unspecified atom stereocenters. The summed E-state index contributed by atoms with van der Waals surface area (Å²) >= 11 is 2.56. The van der Waals surface area contributed by atoms with Gasteiger partial charge in [-0.15, -0.1) is 11.8 Å². The van der Waals surface area contributed by atoms with Crippen LogP contribution in [0.1, 0.15) is 37.6 Å². The monoisotopic (exact) mass is 420 g/mol. The average molecular weight is 421 g/mol. The van der Waals surface area contributed by atoms with Gasteiger partial charge in [0.2, 0.25) is 11.8 Å². The van der Waals surface area contributed by atoms with E-state index in [-0.39, 0.29) is 23.5 Å². The van der Waals surface area contributed by atoms with E-state index in [0.717, 1.165) is 4.21 Å². The van der Waals surface area contributed by atoms with Crippen LogP contribution in [-0.2, 0) is 14.4 Å². The lowest BCUT2D eigenvalue weighted by Crippen LogP contribution is -2.37. The van der Waals surface area contributed by atoms with Gasteiger partial charge in [-0.05, 0) is 18.4 Å². The van der Waals surface area contributed by atoms with Gasteiger partial charge < -0.3 is 11.1 Å². The Kier molecular flexibility index (Phi) is 8.01. The molecule has 2 rings (SSSR count). The maximum Gasteiger partial charge on any atom is 0.253 e. The van der Waals surface area contributed by atoms with Gasteiger partial charge in [0.05, 0.1) is 15.7 Å². The molecule has 0 spiro atoms. The van der Waals surface area contributed by atoms with Crippen LogP contribution in [-0.4, -0.2) is 28.5 Å². The van der Waals surface area contributed by atoms with Crippen molar-refractivity contribution in [2.24, 2.45) is 11.7 Å².